The molecule has 0 aliphatic rings. The molecule has 34 heavy (non-hydrogen) atoms. The van der Waals surface area contributed by atoms with Crippen LogP contribution in [0.5, 0.6) is 0 Å². The highest BCUT2D eigenvalue weighted by molar-refractivity contribution is 5.81. The Morgan fingerprint density at radius 2 is 1.15 bits per heavy atom. The molecule has 0 aromatic rings. The predicted octanol–water partition coefficient (Wildman–Crippen LogP) is 7.32. The molecule has 0 aromatic carbocycles. The van der Waals surface area contributed by atoms with Crippen LogP contribution in [0.15, 0.2) is 0 Å². The standard InChI is InChI=1S/C29H58N2O3/c1-6-7-8-9-10-11-12-13-14-15-16-17-18-19-20-21-27(32)30-23-24-31-28(33)29(4,5)22-25-34-26(2)3/h26H,6-25H2,1-5H3,(H,30,32)(H,31,33). The molecule has 5 nitrogen and oxygen atoms in total. The van der Waals surface area contributed by atoms with Crippen molar-refractivity contribution in [1.29, 1.82) is 0 Å². The summed E-state index contributed by atoms with van der Waals surface area (Å²) in [5, 5.41) is 5.85. The summed E-state index contributed by atoms with van der Waals surface area (Å²) in [6.45, 7) is 11.7. The third-order valence-electron chi connectivity index (χ3n) is 6.53. The lowest BCUT2D eigenvalue weighted by atomic mass is 9.88. The van der Waals surface area contributed by atoms with Crippen molar-refractivity contribution in [2.45, 2.75) is 150 Å². The van der Waals surface area contributed by atoms with E-state index in [1.54, 1.807) is 0 Å². The molecule has 0 fully saturated rings. The zero-order valence-corrected chi connectivity index (χ0v) is 23.4. The maximum atomic E-state index is 12.3. The van der Waals surface area contributed by atoms with Gasteiger partial charge < -0.3 is 15.4 Å². The first-order chi connectivity index (χ1) is 16.3. The van der Waals surface area contributed by atoms with E-state index in [4.69, 9.17) is 4.74 Å². The van der Waals surface area contributed by atoms with Gasteiger partial charge in [0.15, 0.2) is 0 Å². The molecular weight excluding hydrogens is 424 g/mol. The Morgan fingerprint density at radius 3 is 1.62 bits per heavy atom. The Labute approximate surface area is 211 Å². The molecule has 2 amide bonds. The third kappa shape index (κ3) is 21.4. The fourth-order valence-corrected chi connectivity index (χ4v) is 4.03. The highest BCUT2D eigenvalue weighted by atomic mass is 16.5. The number of rotatable bonds is 24. The summed E-state index contributed by atoms with van der Waals surface area (Å²) in [5.74, 6) is 0.102. The van der Waals surface area contributed by atoms with Crippen LogP contribution < -0.4 is 10.6 Å². The minimum atomic E-state index is -0.465. The van der Waals surface area contributed by atoms with Crippen molar-refractivity contribution in [3.63, 3.8) is 0 Å². The van der Waals surface area contributed by atoms with Gasteiger partial charge in [-0.25, -0.2) is 0 Å². The van der Waals surface area contributed by atoms with Gasteiger partial charge in [0.1, 0.15) is 0 Å². The summed E-state index contributed by atoms with van der Waals surface area (Å²) in [4.78, 5) is 24.3. The van der Waals surface area contributed by atoms with Crippen molar-refractivity contribution >= 4 is 11.8 Å². The van der Waals surface area contributed by atoms with Gasteiger partial charge in [-0.2, -0.15) is 0 Å². The Balaban J connectivity index is 3.46. The van der Waals surface area contributed by atoms with E-state index < -0.39 is 5.41 Å². The van der Waals surface area contributed by atoms with Crippen LogP contribution >= 0.6 is 0 Å². The van der Waals surface area contributed by atoms with Crippen molar-refractivity contribution in [3.8, 4) is 0 Å². The van der Waals surface area contributed by atoms with E-state index in [1.165, 1.54) is 83.5 Å². The van der Waals surface area contributed by atoms with E-state index in [0.717, 1.165) is 12.8 Å². The number of carbonyl (C=O) groups excluding carboxylic acids is 2. The van der Waals surface area contributed by atoms with Crippen LogP contribution in [0.2, 0.25) is 0 Å². The van der Waals surface area contributed by atoms with Gasteiger partial charge in [0.2, 0.25) is 11.8 Å². The molecular formula is C29H58N2O3. The zero-order valence-electron chi connectivity index (χ0n) is 23.4. The molecule has 0 aliphatic heterocycles. The smallest absolute Gasteiger partial charge is 0.225 e. The third-order valence-corrected chi connectivity index (χ3v) is 6.53. The second kappa shape index (κ2) is 22.4. The molecule has 0 atom stereocenters. The molecule has 0 aromatic heterocycles. The summed E-state index contributed by atoms with van der Waals surface area (Å²) in [7, 11) is 0. The van der Waals surface area contributed by atoms with Crippen LogP contribution in [0, 0.1) is 5.41 Å². The number of ether oxygens (including phenoxy) is 1. The molecule has 0 saturated carbocycles. The molecule has 0 unspecified atom stereocenters. The number of carbonyl (C=O) groups is 2. The molecule has 0 saturated heterocycles. The average Bonchev–Trinajstić information content (AvgIpc) is 2.78. The van der Waals surface area contributed by atoms with E-state index >= 15 is 0 Å². The summed E-state index contributed by atoms with van der Waals surface area (Å²) in [6, 6.07) is 0. The summed E-state index contributed by atoms with van der Waals surface area (Å²) >= 11 is 0. The van der Waals surface area contributed by atoms with Gasteiger partial charge in [-0.3, -0.25) is 9.59 Å². The van der Waals surface area contributed by atoms with Crippen molar-refractivity contribution in [2.75, 3.05) is 19.7 Å². The Bertz CT molecular complexity index is 492. The SMILES string of the molecule is CCCCCCCCCCCCCCCCCC(=O)NCCNC(=O)C(C)(C)CCOC(C)C. The van der Waals surface area contributed by atoms with Gasteiger partial charge >= 0.3 is 0 Å². The van der Waals surface area contributed by atoms with Crippen LogP contribution in [-0.4, -0.2) is 37.6 Å². The van der Waals surface area contributed by atoms with Crippen LogP contribution in [-0.2, 0) is 14.3 Å². The fourth-order valence-electron chi connectivity index (χ4n) is 4.03. The minimum Gasteiger partial charge on any atom is -0.379 e. The number of amides is 2. The lowest BCUT2D eigenvalue weighted by Crippen LogP contribution is -2.41. The molecule has 0 rings (SSSR count). The first kappa shape index (κ1) is 32.9. The van der Waals surface area contributed by atoms with Crippen molar-refractivity contribution < 1.29 is 14.3 Å². The first-order valence-corrected chi connectivity index (χ1v) is 14.5. The van der Waals surface area contributed by atoms with E-state index in [-0.39, 0.29) is 17.9 Å². The summed E-state index contributed by atoms with van der Waals surface area (Å²) < 4.78 is 5.55. The monoisotopic (exact) mass is 482 g/mol. The van der Waals surface area contributed by atoms with Gasteiger partial charge in [0, 0.05) is 31.5 Å². The highest BCUT2D eigenvalue weighted by Gasteiger charge is 2.27. The Hall–Kier alpha value is -1.10. The van der Waals surface area contributed by atoms with Crippen LogP contribution in [0.4, 0.5) is 0 Å². The first-order valence-electron chi connectivity index (χ1n) is 14.5. The van der Waals surface area contributed by atoms with Crippen LogP contribution in [0.1, 0.15) is 144 Å². The van der Waals surface area contributed by atoms with Crippen molar-refractivity contribution in [3.05, 3.63) is 0 Å². The van der Waals surface area contributed by atoms with Crippen molar-refractivity contribution in [2.24, 2.45) is 5.41 Å². The molecule has 0 radical (unpaired) electrons. The number of hydrogen-bond donors (Lipinski definition) is 2. The fraction of sp³-hybridized carbons (Fsp3) is 0.931. The van der Waals surface area contributed by atoms with Crippen LogP contribution in [0.25, 0.3) is 0 Å². The Morgan fingerprint density at radius 1 is 0.706 bits per heavy atom. The van der Waals surface area contributed by atoms with E-state index in [1.807, 2.05) is 27.7 Å². The van der Waals surface area contributed by atoms with Gasteiger partial charge in [-0.15, -0.1) is 0 Å². The number of hydrogen-bond acceptors (Lipinski definition) is 3. The topological polar surface area (TPSA) is 67.4 Å². The second-order valence-corrected chi connectivity index (χ2v) is 10.9. The summed E-state index contributed by atoms with van der Waals surface area (Å²) in [5.41, 5.74) is -0.465. The van der Waals surface area contributed by atoms with Gasteiger partial charge in [-0.05, 0) is 26.7 Å². The molecule has 0 heterocycles. The molecule has 5 heteroatoms. The highest BCUT2D eigenvalue weighted by Crippen LogP contribution is 2.20. The lowest BCUT2D eigenvalue weighted by Gasteiger charge is -2.24. The van der Waals surface area contributed by atoms with E-state index in [9.17, 15) is 9.59 Å². The van der Waals surface area contributed by atoms with Crippen molar-refractivity contribution in [1.82, 2.24) is 10.6 Å². The van der Waals surface area contributed by atoms with Gasteiger partial charge in [-0.1, -0.05) is 111 Å². The molecule has 0 bridgehead atoms. The maximum absolute atomic E-state index is 12.3. The molecule has 0 spiro atoms. The van der Waals surface area contributed by atoms with Crippen LogP contribution in [0.3, 0.4) is 0 Å². The predicted molar refractivity (Wildman–Crippen MR) is 145 cm³/mol. The Kier molecular flexibility index (Phi) is 21.6. The second-order valence-electron chi connectivity index (χ2n) is 10.9. The number of unbranched alkanes of at least 4 members (excludes halogenated alkanes) is 14. The van der Waals surface area contributed by atoms with Gasteiger partial charge in [0.25, 0.3) is 0 Å². The minimum absolute atomic E-state index is 0.0107. The van der Waals surface area contributed by atoms with Gasteiger partial charge in [0.05, 0.1) is 6.10 Å². The summed E-state index contributed by atoms with van der Waals surface area (Å²) in [6.07, 6.45) is 21.4. The van der Waals surface area contributed by atoms with E-state index in [0.29, 0.717) is 32.5 Å². The average molecular weight is 483 g/mol. The molecule has 202 valence electrons. The maximum Gasteiger partial charge on any atom is 0.225 e. The van der Waals surface area contributed by atoms with E-state index in [2.05, 4.69) is 17.6 Å². The molecule has 0 aliphatic carbocycles. The quantitative estimate of drug-likeness (QED) is 0.142. The number of nitrogens with one attached hydrogen (secondary N) is 2. The normalized spacial score (nSPS) is 11.7. The molecule has 2 N–H and O–H groups in total. The zero-order chi connectivity index (χ0) is 25.5. The largest absolute Gasteiger partial charge is 0.379 e. The lowest BCUT2D eigenvalue weighted by molar-refractivity contribution is -0.130.